The maximum absolute atomic E-state index is 6.77. The molecule has 0 N–H and O–H groups in total. The van der Waals surface area contributed by atoms with Gasteiger partial charge in [-0.1, -0.05) is 68.4 Å². The molecule has 1 aliphatic heterocycles. The van der Waals surface area contributed by atoms with E-state index in [9.17, 15) is 0 Å². The molecule has 6 heteroatoms. The second-order valence-corrected chi connectivity index (χ2v) is 11.8. The highest BCUT2D eigenvalue weighted by Gasteiger charge is 2.52. The number of hydrogen-bond acceptors (Lipinski definition) is 5. The van der Waals surface area contributed by atoms with Gasteiger partial charge in [-0.25, -0.2) is 0 Å². The summed E-state index contributed by atoms with van der Waals surface area (Å²) in [5, 5.41) is 4.30. The second kappa shape index (κ2) is 8.88. The van der Waals surface area contributed by atoms with E-state index < -0.39 is 18.3 Å². The first-order valence-electron chi connectivity index (χ1n) is 14.2. The summed E-state index contributed by atoms with van der Waals surface area (Å²) in [5.74, 6) is 0. The van der Waals surface area contributed by atoms with Crippen LogP contribution in [0.15, 0.2) is 71.1 Å². The molecule has 200 valence electrons. The zero-order valence-electron chi connectivity index (χ0n) is 24.0. The van der Waals surface area contributed by atoms with E-state index in [1.165, 1.54) is 0 Å². The van der Waals surface area contributed by atoms with E-state index in [-0.39, 0.29) is 0 Å². The van der Waals surface area contributed by atoms with Crippen molar-refractivity contribution in [1.29, 1.82) is 0 Å². The molecule has 0 aliphatic carbocycles. The average Bonchev–Trinajstić information content (AvgIpc) is 3.44. The minimum atomic E-state index is -0.503. The van der Waals surface area contributed by atoms with Crippen LogP contribution in [0.25, 0.3) is 54.9 Å². The number of furan rings is 1. The summed E-state index contributed by atoms with van der Waals surface area (Å²) in [6.45, 7) is 12.6. The summed E-state index contributed by atoms with van der Waals surface area (Å²) < 4.78 is 19.6. The van der Waals surface area contributed by atoms with Gasteiger partial charge in [0.1, 0.15) is 11.2 Å². The fourth-order valence-electron chi connectivity index (χ4n) is 5.78. The molecule has 0 spiro atoms. The monoisotopic (exact) mass is 528 g/mol. The third kappa shape index (κ3) is 3.70. The predicted octanol–water partition coefficient (Wildman–Crippen LogP) is 7.77. The van der Waals surface area contributed by atoms with Gasteiger partial charge in [-0.15, -0.1) is 0 Å². The average molecular weight is 528 g/mol. The van der Waals surface area contributed by atoms with Crippen LogP contribution in [0, 0.1) is 0 Å². The highest BCUT2D eigenvalue weighted by molar-refractivity contribution is 6.65. The van der Waals surface area contributed by atoms with Crippen LogP contribution in [-0.2, 0) is 22.2 Å². The summed E-state index contributed by atoms with van der Waals surface area (Å²) in [6.07, 6.45) is 1.71. The Hall–Kier alpha value is -3.74. The Kier molecular flexibility index (Phi) is 5.61. The molecular formula is C34H33BN2O3. The van der Waals surface area contributed by atoms with E-state index in [0.29, 0.717) is 0 Å². The SMILES string of the molecule is CCc1ccc2ccc3c(-c4cccc5c4oc4c(B6OC(C)(C)C(C)(C)O6)cccc45)cc(CC)nc3c2n1. The maximum atomic E-state index is 6.77. The topological polar surface area (TPSA) is 57.4 Å². The Morgan fingerprint density at radius 1 is 0.650 bits per heavy atom. The quantitative estimate of drug-likeness (QED) is 0.173. The summed E-state index contributed by atoms with van der Waals surface area (Å²) in [7, 11) is -0.503. The Morgan fingerprint density at radius 3 is 2.02 bits per heavy atom. The number of benzene rings is 3. The molecule has 0 atom stereocenters. The van der Waals surface area contributed by atoms with Crippen molar-refractivity contribution in [3.8, 4) is 11.1 Å². The van der Waals surface area contributed by atoms with Gasteiger partial charge in [-0.05, 0) is 58.2 Å². The van der Waals surface area contributed by atoms with Gasteiger partial charge in [-0.3, -0.25) is 9.97 Å². The van der Waals surface area contributed by atoms with Crippen molar-refractivity contribution in [1.82, 2.24) is 9.97 Å². The van der Waals surface area contributed by atoms with Gasteiger partial charge in [-0.2, -0.15) is 0 Å². The third-order valence-corrected chi connectivity index (χ3v) is 8.83. The number of aryl methyl sites for hydroxylation is 2. The smallest absolute Gasteiger partial charge is 0.456 e. The van der Waals surface area contributed by atoms with Crippen LogP contribution >= 0.6 is 0 Å². The van der Waals surface area contributed by atoms with Gasteiger partial charge in [0.25, 0.3) is 0 Å². The molecule has 7 rings (SSSR count). The summed E-state index contributed by atoms with van der Waals surface area (Å²) in [4.78, 5) is 10.1. The van der Waals surface area contributed by atoms with Crippen molar-refractivity contribution >= 4 is 56.3 Å². The molecule has 3 aromatic carbocycles. The lowest BCUT2D eigenvalue weighted by atomic mass is 9.78. The Labute approximate surface area is 234 Å². The first-order chi connectivity index (χ1) is 19.2. The summed E-state index contributed by atoms with van der Waals surface area (Å²) >= 11 is 0. The van der Waals surface area contributed by atoms with E-state index in [0.717, 1.165) is 84.6 Å². The van der Waals surface area contributed by atoms with E-state index >= 15 is 0 Å². The predicted molar refractivity (Wildman–Crippen MR) is 164 cm³/mol. The molecule has 0 bridgehead atoms. The van der Waals surface area contributed by atoms with Crippen molar-refractivity contribution < 1.29 is 13.7 Å². The van der Waals surface area contributed by atoms with E-state index in [2.05, 4.69) is 102 Å². The van der Waals surface area contributed by atoms with Crippen LogP contribution in [0.5, 0.6) is 0 Å². The minimum absolute atomic E-state index is 0.433. The number of fused-ring (bicyclic) bond motifs is 6. The van der Waals surface area contributed by atoms with Crippen LogP contribution < -0.4 is 5.46 Å². The van der Waals surface area contributed by atoms with Crippen LogP contribution in [0.3, 0.4) is 0 Å². The molecule has 1 aliphatic rings. The van der Waals surface area contributed by atoms with Gasteiger partial charge in [0.2, 0.25) is 0 Å². The van der Waals surface area contributed by atoms with Gasteiger partial charge in [0.05, 0.1) is 22.2 Å². The second-order valence-electron chi connectivity index (χ2n) is 11.8. The molecule has 0 radical (unpaired) electrons. The molecule has 4 heterocycles. The third-order valence-electron chi connectivity index (χ3n) is 8.83. The van der Waals surface area contributed by atoms with Crippen molar-refractivity contribution in [2.45, 2.75) is 65.6 Å². The van der Waals surface area contributed by atoms with Crippen LogP contribution in [0.2, 0.25) is 0 Å². The molecule has 5 nitrogen and oxygen atoms in total. The van der Waals surface area contributed by atoms with Gasteiger partial charge in [0.15, 0.2) is 0 Å². The molecular weight excluding hydrogens is 495 g/mol. The van der Waals surface area contributed by atoms with Crippen molar-refractivity contribution in [3.63, 3.8) is 0 Å². The minimum Gasteiger partial charge on any atom is -0.456 e. The van der Waals surface area contributed by atoms with E-state index in [1.54, 1.807) is 0 Å². The standard InChI is InChI=1S/C34H33BN2O3/c1-7-21-17-15-20-16-18-23-27(19-22(8-2)37-30(23)29(20)36-21)26-12-9-11-24-25-13-10-14-28(32(25)38-31(24)26)35-39-33(3,4)34(5,6)40-35/h9-19H,7-8H2,1-6H3. The van der Waals surface area contributed by atoms with Crippen LogP contribution in [0.1, 0.15) is 52.9 Å². The molecule has 1 fully saturated rings. The maximum Gasteiger partial charge on any atom is 0.498 e. The zero-order valence-corrected chi connectivity index (χ0v) is 24.0. The fourth-order valence-corrected chi connectivity index (χ4v) is 5.78. The van der Waals surface area contributed by atoms with Crippen molar-refractivity contribution in [2.75, 3.05) is 0 Å². The van der Waals surface area contributed by atoms with Crippen molar-refractivity contribution in [2.24, 2.45) is 0 Å². The van der Waals surface area contributed by atoms with Crippen molar-refractivity contribution in [3.05, 3.63) is 78.1 Å². The lowest BCUT2D eigenvalue weighted by Crippen LogP contribution is -2.41. The van der Waals surface area contributed by atoms with Gasteiger partial charge >= 0.3 is 7.12 Å². The molecule has 0 amide bonds. The highest BCUT2D eigenvalue weighted by atomic mass is 16.7. The molecule has 3 aromatic heterocycles. The molecule has 40 heavy (non-hydrogen) atoms. The number of nitrogens with zero attached hydrogens (tertiary/aromatic N) is 2. The number of rotatable bonds is 4. The number of aromatic nitrogens is 2. The first-order valence-corrected chi connectivity index (χ1v) is 14.2. The zero-order chi connectivity index (χ0) is 27.8. The summed E-state index contributed by atoms with van der Waals surface area (Å²) in [6, 6.07) is 23.4. The van der Waals surface area contributed by atoms with Gasteiger partial charge in [0, 0.05) is 44.0 Å². The van der Waals surface area contributed by atoms with Crippen LogP contribution in [-0.4, -0.2) is 28.3 Å². The number of hydrogen-bond donors (Lipinski definition) is 0. The molecule has 0 unspecified atom stereocenters. The number of pyridine rings is 2. The number of para-hydroxylation sites is 2. The lowest BCUT2D eigenvalue weighted by Gasteiger charge is -2.32. The molecule has 1 saturated heterocycles. The summed E-state index contributed by atoms with van der Waals surface area (Å²) in [5.41, 5.74) is 7.84. The van der Waals surface area contributed by atoms with Crippen LogP contribution in [0.4, 0.5) is 0 Å². The Bertz CT molecular complexity index is 1940. The van der Waals surface area contributed by atoms with Gasteiger partial charge < -0.3 is 13.7 Å². The Balaban J connectivity index is 1.48. The van der Waals surface area contributed by atoms with E-state index in [4.69, 9.17) is 23.7 Å². The Morgan fingerprint density at radius 2 is 1.30 bits per heavy atom. The van der Waals surface area contributed by atoms with E-state index in [1.807, 2.05) is 6.07 Å². The largest absolute Gasteiger partial charge is 0.498 e. The fraction of sp³-hybridized carbons (Fsp3) is 0.294. The lowest BCUT2D eigenvalue weighted by molar-refractivity contribution is 0.00578. The molecule has 6 aromatic rings. The normalized spacial score (nSPS) is 16.6. The highest BCUT2D eigenvalue weighted by Crippen LogP contribution is 2.41. The first kappa shape index (κ1) is 25.2. The molecule has 0 saturated carbocycles.